The van der Waals surface area contributed by atoms with E-state index in [4.69, 9.17) is 4.74 Å². The summed E-state index contributed by atoms with van der Waals surface area (Å²) in [6.45, 7) is 4.25. The first-order valence-electron chi connectivity index (χ1n) is 7.08. The highest BCUT2D eigenvalue weighted by atomic mass is 79.9. The molecule has 2 unspecified atom stereocenters. The van der Waals surface area contributed by atoms with Gasteiger partial charge in [0.15, 0.2) is 0 Å². The molecule has 0 radical (unpaired) electrons. The predicted molar refractivity (Wildman–Crippen MR) is 88.3 cm³/mol. The molecule has 0 aliphatic heterocycles. The maximum Gasteiger partial charge on any atom is 0.103 e. The molecule has 0 bridgehead atoms. The van der Waals surface area contributed by atoms with Gasteiger partial charge in [-0.1, -0.05) is 30.3 Å². The van der Waals surface area contributed by atoms with Crippen molar-refractivity contribution in [1.29, 1.82) is 0 Å². The van der Waals surface area contributed by atoms with E-state index in [2.05, 4.69) is 52.3 Å². The average Bonchev–Trinajstić information content (AvgIpc) is 2.87. The molecule has 5 heteroatoms. The largest absolute Gasteiger partial charge is 0.375 e. The van der Waals surface area contributed by atoms with Crippen molar-refractivity contribution in [2.24, 2.45) is 0 Å². The van der Waals surface area contributed by atoms with Crippen molar-refractivity contribution >= 4 is 15.9 Å². The van der Waals surface area contributed by atoms with Crippen LogP contribution in [-0.4, -0.2) is 23.9 Å². The number of methoxy groups -OCH3 is 1. The summed E-state index contributed by atoms with van der Waals surface area (Å²) in [7, 11) is 3.69. The van der Waals surface area contributed by atoms with E-state index < -0.39 is 0 Å². The Morgan fingerprint density at radius 1 is 1.24 bits per heavy atom. The van der Waals surface area contributed by atoms with Gasteiger partial charge in [-0.15, -0.1) is 0 Å². The van der Waals surface area contributed by atoms with Crippen LogP contribution in [0.5, 0.6) is 0 Å². The Bertz CT molecular complexity index is 568. The Hall–Kier alpha value is -1.17. The van der Waals surface area contributed by atoms with Crippen molar-refractivity contribution in [3.63, 3.8) is 0 Å². The number of likely N-dealkylation sites (N-methyl/N-ethyl adjacent to an activating group) is 1. The van der Waals surface area contributed by atoms with Crippen molar-refractivity contribution < 1.29 is 4.74 Å². The molecule has 0 aliphatic carbocycles. The number of aromatic nitrogens is 2. The summed E-state index contributed by atoms with van der Waals surface area (Å²) in [5.74, 6) is 0. The van der Waals surface area contributed by atoms with Gasteiger partial charge in [0.1, 0.15) is 6.10 Å². The Kier molecular flexibility index (Phi) is 5.56. The number of hydrogen-bond donors (Lipinski definition) is 1. The number of nitrogens with zero attached hydrogens (tertiary/aromatic N) is 2. The Balaban J connectivity index is 2.45. The molecule has 2 atom stereocenters. The molecule has 0 saturated carbocycles. The van der Waals surface area contributed by atoms with Gasteiger partial charge in [0.05, 0.1) is 22.4 Å². The van der Waals surface area contributed by atoms with E-state index in [1.165, 1.54) is 0 Å². The number of hydrogen-bond acceptors (Lipinski definition) is 3. The summed E-state index contributed by atoms with van der Waals surface area (Å²) >= 11 is 3.62. The van der Waals surface area contributed by atoms with Gasteiger partial charge < -0.3 is 10.1 Å². The zero-order chi connectivity index (χ0) is 15.4. The van der Waals surface area contributed by atoms with Crippen LogP contribution >= 0.6 is 15.9 Å². The molecule has 2 aromatic rings. The second-order valence-corrected chi connectivity index (χ2v) is 6.10. The minimum absolute atomic E-state index is 0.0108. The minimum atomic E-state index is -0.0818. The van der Waals surface area contributed by atoms with Crippen LogP contribution in [-0.2, 0) is 4.74 Å². The van der Waals surface area contributed by atoms with Crippen LogP contribution in [0, 0.1) is 0 Å². The van der Waals surface area contributed by atoms with Gasteiger partial charge in [-0.25, -0.2) is 0 Å². The van der Waals surface area contributed by atoms with Gasteiger partial charge in [-0.3, -0.25) is 4.68 Å². The van der Waals surface area contributed by atoms with Crippen LogP contribution in [0.1, 0.15) is 43.3 Å². The van der Waals surface area contributed by atoms with Crippen LogP contribution < -0.4 is 5.32 Å². The molecule has 114 valence electrons. The third-order valence-electron chi connectivity index (χ3n) is 3.57. The summed E-state index contributed by atoms with van der Waals surface area (Å²) in [6, 6.07) is 10.5. The van der Waals surface area contributed by atoms with E-state index in [1.54, 1.807) is 7.11 Å². The second kappa shape index (κ2) is 7.20. The Morgan fingerprint density at radius 2 is 1.90 bits per heavy atom. The van der Waals surface area contributed by atoms with E-state index in [9.17, 15) is 0 Å². The van der Waals surface area contributed by atoms with Crippen LogP contribution in [0.3, 0.4) is 0 Å². The molecule has 4 nitrogen and oxygen atoms in total. The highest BCUT2D eigenvalue weighted by molar-refractivity contribution is 9.10. The molecule has 0 amide bonds. The lowest BCUT2D eigenvalue weighted by atomic mass is 9.99. The summed E-state index contributed by atoms with van der Waals surface area (Å²) in [6.07, 6.45) is 1.76. The van der Waals surface area contributed by atoms with E-state index in [0.29, 0.717) is 0 Å². The van der Waals surface area contributed by atoms with Gasteiger partial charge in [0.2, 0.25) is 0 Å². The topological polar surface area (TPSA) is 39.1 Å². The number of halogens is 1. The Labute approximate surface area is 134 Å². The first-order chi connectivity index (χ1) is 10.1. The zero-order valence-corrected chi connectivity index (χ0v) is 14.5. The number of benzene rings is 1. The van der Waals surface area contributed by atoms with Gasteiger partial charge in [0, 0.05) is 13.2 Å². The first-order valence-corrected chi connectivity index (χ1v) is 7.87. The predicted octanol–water partition coefficient (Wildman–Crippen LogP) is 3.87. The van der Waals surface area contributed by atoms with Gasteiger partial charge in [0.25, 0.3) is 0 Å². The van der Waals surface area contributed by atoms with E-state index in [0.717, 1.165) is 15.7 Å². The van der Waals surface area contributed by atoms with E-state index in [-0.39, 0.29) is 18.2 Å². The molecule has 0 saturated heterocycles. The molecule has 1 aromatic heterocycles. The third kappa shape index (κ3) is 3.36. The summed E-state index contributed by atoms with van der Waals surface area (Å²) in [5, 5.41) is 7.84. The van der Waals surface area contributed by atoms with Crippen LogP contribution in [0.15, 0.2) is 41.0 Å². The average molecular weight is 352 g/mol. The highest BCUT2D eigenvalue weighted by Gasteiger charge is 2.29. The lowest BCUT2D eigenvalue weighted by Gasteiger charge is -2.28. The minimum Gasteiger partial charge on any atom is -0.375 e. The molecular formula is C16H22BrN3O. The summed E-state index contributed by atoms with van der Waals surface area (Å²) < 4.78 is 8.80. The quantitative estimate of drug-likeness (QED) is 0.858. The standard InChI is InChI=1S/C16H22BrN3O/c1-11(2)20-15(13(17)10-19-20)14(18-3)16(21-4)12-8-6-5-7-9-12/h5-11,14,16,18H,1-4H3. The smallest absolute Gasteiger partial charge is 0.103 e. The fourth-order valence-electron chi connectivity index (χ4n) is 2.59. The monoisotopic (exact) mass is 351 g/mol. The molecule has 0 spiro atoms. The molecule has 21 heavy (non-hydrogen) atoms. The van der Waals surface area contributed by atoms with Gasteiger partial charge in [-0.2, -0.15) is 5.10 Å². The molecule has 1 N–H and O–H groups in total. The zero-order valence-electron chi connectivity index (χ0n) is 12.9. The van der Waals surface area contributed by atoms with Crippen LogP contribution in [0.25, 0.3) is 0 Å². The fourth-order valence-corrected chi connectivity index (χ4v) is 3.11. The lowest BCUT2D eigenvalue weighted by molar-refractivity contribution is 0.0666. The Morgan fingerprint density at radius 3 is 2.43 bits per heavy atom. The molecule has 0 aliphatic rings. The van der Waals surface area contributed by atoms with Crippen molar-refractivity contribution in [3.8, 4) is 0 Å². The van der Waals surface area contributed by atoms with Crippen molar-refractivity contribution in [3.05, 3.63) is 52.3 Å². The van der Waals surface area contributed by atoms with Gasteiger partial charge in [-0.05, 0) is 42.4 Å². The first kappa shape index (κ1) is 16.2. The highest BCUT2D eigenvalue weighted by Crippen LogP contribution is 2.36. The number of ether oxygens (including phenoxy) is 1. The van der Waals surface area contributed by atoms with Crippen LogP contribution in [0.2, 0.25) is 0 Å². The molecule has 1 heterocycles. The third-order valence-corrected chi connectivity index (χ3v) is 4.18. The van der Waals surface area contributed by atoms with Crippen LogP contribution in [0.4, 0.5) is 0 Å². The lowest BCUT2D eigenvalue weighted by Crippen LogP contribution is -2.28. The second-order valence-electron chi connectivity index (χ2n) is 5.25. The molecule has 2 rings (SSSR count). The normalized spacial score (nSPS) is 14.4. The van der Waals surface area contributed by atoms with Crippen molar-refractivity contribution in [2.75, 3.05) is 14.2 Å². The van der Waals surface area contributed by atoms with Gasteiger partial charge >= 0.3 is 0 Å². The maximum atomic E-state index is 5.78. The summed E-state index contributed by atoms with van der Waals surface area (Å²) in [4.78, 5) is 0. The summed E-state index contributed by atoms with van der Waals surface area (Å²) in [5.41, 5.74) is 2.24. The SMILES string of the molecule is CNC(c1c(Br)cnn1C(C)C)C(OC)c1ccccc1. The van der Waals surface area contributed by atoms with Crippen molar-refractivity contribution in [1.82, 2.24) is 15.1 Å². The fraction of sp³-hybridized carbons (Fsp3) is 0.438. The molecule has 0 fully saturated rings. The van der Waals surface area contributed by atoms with E-state index in [1.807, 2.05) is 36.1 Å². The van der Waals surface area contributed by atoms with E-state index >= 15 is 0 Å². The molecular weight excluding hydrogens is 330 g/mol. The number of nitrogens with one attached hydrogen (secondary N) is 1. The van der Waals surface area contributed by atoms with Crippen molar-refractivity contribution in [2.45, 2.75) is 32.0 Å². The maximum absolute atomic E-state index is 5.78. The molecule has 1 aromatic carbocycles. The number of rotatable bonds is 6.